The number of allylic oxidation sites excluding steroid dienone is 4. The van der Waals surface area contributed by atoms with Crippen LogP contribution in [0.4, 0.5) is 0 Å². The smallest absolute Gasteiger partial charge is 0.135 e. The van der Waals surface area contributed by atoms with Gasteiger partial charge in [-0.3, -0.25) is 0 Å². The average Bonchev–Trinajstić information content (AvgIpc) is 3.01. The Bertz CT molecular complexity index is 1910. The largest absolute Gasteiger partial charge is 0.456 e. The first kappa shape index (κ1) is 22.0. The van der Waals surface area contributed by atoms with Crippen LogP contribution in [0.3, 0.4) is 0 Å². The van der Waals surface area contributed by atoms with E-state index >= 15 is 0 Å². The Balaban J connectivity index is 1.15. The predicted octanol–water partition coefficient (Wildman–Crippen LogP) is 8.56. The third-order valence-electron chi connectivity index (χ3n) is 7.96. The molecule has 0 aliphatic carbocycles. The fraction of sp³-hybridized carbons (Fsp3) is 0.0556. The van der Waals surface area contributed by atoms with Gasteiger partial charge in [-0.25, -0.2) is 0 Å². The third kappa shape index (κ3) is 3.66. The maximum atomic E-state index is 6.30. The topological polar surface area (TPSA) is 33.3 Å². The van der Waals surface area contributed by atoms with Gasteiger partial charge in [0, 0.05) is 16.6 Å². The van der Waals surface area contributed by atoms with Gasteiger partial charge in [-0.2, -0.15) is 0 Å². The molecule has 8 rings (SSSR count). The zero-order valence-corrected chi connectivity index (χ0v) is 21.3. The van der Waals surface area contributed by atoms with E-state index in [0.717, 1.165) is 17.1 Å². The zero-order chi connectivity index (χ0) is 25.8. The Hall–Kier alpha value is -5.02. The Kier molecular flexibility index (Phi) is 4.95. The zero-order valence-electron chi connectivity index (χ0n) is 21.3. The molecule has 2 N–H and O–H groups in total. The summed E-state index contributed by atoms with van der Waals surface area (Å²) in [6, 6.07) is 33.0. The van der Waals surface area contributed by atoms with E-state index in [1.54, 1.807) is 0 Å². The molecule has 0 saturated heterocycles. The molecule has 39 heavy (non-hydrogen) atoms. The molecule has 186 valence electrons. The predicted molar refractivity (Wildman–Crippen MR) is 161 cm³/mol. The van der Waals surface area contributed by atoms with Crippen LogP contribution >= 0.6 is 0 Å². The molecule has 0 saturated carbocycles. The number of benzene rings is 5. The number of para-hydroxylation sites is 1. The molecular formula is C36H26N2O. The van der Waals surface area contributed by atoms with Crippen molar-refractivity contribution in [1.29, 1.82) is 0 Å². The number of ether oxygens (including phenoxy) is 1. The Morgan fingerprint density at radius 2 is 1.49 bits per heavy atom. The van der Waals surface area contributed by atoms with Crippen LogP contribution < -0.4 is 15.4 Å². The molecule has 2 unspecified atom stereocenters. The third-order valence-corrected chi connectivity index (χ3v) is 7.96. The molecule has 2 atom stereocenters. The second-order valence-corrected chi connectivity index (χ2v) is 10.3. The molecule has 3 aliphatic heterocycles. The fourth-order valence-corrected chi connectivity index (χ4v) is 6.03. The monoisotopic (exact) mass is 502 g/mol. The van der Waals surface area contributed by atoms with Crippen LogP contribution in [0.15, 0.2) is 139 Å². The van der Waals surface area contributed by atoms with Crippen molar-refractivity contribution in [2.75, 3.05) is 0 Å². The lowest BCUT2D eigenvalue weighted by molar-refractivity contribution is 0.487. The summed E-state index contributed by atoms with van der Waals surface area (Å²) in [6.45, 7) is 0. The van der Waals surface area contributed by atoms with Gasteiger partial charge in [-0.15, -0.1) is 0 Å². The lowest BCUT2D eigenvalue weighted by Gasteiger charge is -2.27. The second kappa shape index (κ2) is 8.78. The number of hydrogen-bond acceptors (Lipinski definition) is 3. The summed E-state index contributed by atoms with van der Waals surface area (Å²) >= 11 is 0. The van der Waals surface area contributed by atoms with Gasteiger partial charge in [-0.05, 0) is 81.0 Å². The Morgan fingerprint density at radius 1 is 0.615 bits per heavy atom. The molecule has 3 heteroatoms. The van der Waals surface area contributed by atoms with Crippen molar-refractivity contribution in [3.63, 3.8) is 0 Å². The maximum absolute atomic E-state index is 6.30. The van der Waals surface area contributed by atoms with E-state index in [2.05, 4.69) is 120 Å². The highest BCUT2D eigenvalue weighted by atomic mass is 16.5. The van der Waals surface area contributed by atoms with Crippen molar-refractivity contribution in [2.24, 2.45) is 0 Å². The highest BCUT2D eigenvalue weighted by Crippen LogP contribution is 2.48. The van der Waals surface area contributed by atoms with Gasteiger partial charge < -0.3 is 15.4 Å². The minimum absolute atomic E-state index is 0.138. The van der Waals surface area contributed by atoms with Gasteiger partial charge in [0.15, 0.2) is 0 Å². The first-order valence-corrected chi connectivity index (χ1v) is 13.4. The molecule has 0 amide bonds. The van der Waals surface area contributed by atoms with Gasteiger partial charge in [0.1, 0.15) is 11.5 Å². The van der Waals surface area contributed by atoms with Crippen LogP contribution in [-0.4, -0.2) is 6.04 Å². The normalized spacial score (nSPS) is 18.7. The number of dihydropyridines is 2. The van der Waals surface area contributed by atoms with Crippen molar-refractivity contribution >= 4 is 21.5 Å². The average molecular weight is 503 g/mol. The van der Waals surface area contributed by atoms with Crippen molar-refractivity contribution in [3.8, 4) is 33.8 Å². The summed E-state index contributed by atoms with van der Waals surface area (Å²) in [4.78, 5) is 0. The number of rotatable bonds is 3. The molecule has 0 fully saturated rings. The fourth-order valence-electron chi connectivity index (χ4n) is 6.03. The molecule has 3 heterocycles. The maximum Gasteiger partial charge on any atom is 0.135 e. The summed E-state index contributed by atoms with van der Waals surface area (Å²) in [7, 11) is 0. The van der Waals surface area contributed by atoms with Crippen LogP contribution in [0.25, 0.3) is 43.8 Å². The molecule has 0 aromatic heterocycles. The molecule has 3 nitrogen and oxygen atoms in total. The van der Waals surface area contributed by atoms with Gasteiger partial charge in [0.25, 0.3) is 0 Å². The quantitative estimate of drug-likeness (QED) is 0.254. The Labute approximate surface area is 227 Å². The lowest BCUT2D eigenvalue weighted by atomic mass is 9.90. The molecule has 3 aliphatic rings. The first-order valence-electron chi connectivity index (χ1n) is 13.4. The van der Waals surface area contributed by atoms with Crippen molar-refractivity contribution in [2.45, 2.75) is 12.1 Å². The summed E-state index contributed by atoms with van der Waals surface area (Å²) in [5.74, 6) is 1.84. The standard InChI is InChI=1S/C36H26N2O/c1-2-13-34-28(7-1)30-9-5-8-29-27(18-19-35(39-34)36(29)30)25-16-14-24-22-26(17-15-23(24)21-25)31-11-6-12-33(38-31)32-10-3-4-20-37-32/h1-22,31-32,37-38H. The Morgan fingerprint density at radius 3 is 2.44 bits per heavy atom. The molecule has 0 bridgehead atoms. The van der Waals surface area contributed by atoms with E-state index < -0.39 is 0 Å². The summed E-state index contributed by atoms with van der Waals surface area (Å²) < 4.78 is 6.30. The summed E-state index contributed by atoms with van der Waals surface area (Å²) in [5, 5.41) is 12.0. The lowest BCUT2D eigenvalue weighted by Crippen LogP contribution is -2.35. The van der Waals surface area contributed by atoms with E-state index in [1.165, 1.54) is 49.5 Å². The van der Waals surface area contributed by atoms with Crippen molar-refractivity contribution in [1.82, 2.24) is 10.6 Å². The molecule has 0 spiro atoms. The van der Waals surface area contributed by atoms with Gasteiger partial charge >= 0.3 is 0 Å². The minimum atomic E-state index is 0.138. The van der Waals surface area contributed by atoms with Gasteiger partial charge in [0.2, 0.25) is 0 Å². The SMILES string of the molecule is C1=CNC(C2=CC=CC(c3ccc4cc(-c5ccc6c7c(cccc57)-c5ccccc5O6)ccc4c3)N2)C=C1. The van der Waals surface area contributed by atoms with Crippen LogP contribution in [0.5, 0.6) is 11.5 Å². The first-order chi connectivity index (χ1) is 19.3. The van der Waals surface area contributed by atoms with Gasteiger partial charge in [0.05, 0.1) is 12.1 Å². The highest BCUT2D eigenvalue weighted by molar-refractivity contribution is 6.10. The van der Waals surface area contributed by atoms with Crippen LogP contribution in [0.2, 0.25) is 0 Å². The van der Waals surface area contributed by atoms with E-state index in [1.807, 2.05) is 24.4 Å². The minimum Gasteiger partial charge on any atom is -0.456 e. The van der Waals surface area contributed by atoms with Crippen LogP contribution in [0, 0.1) is 0 Å². The van der Waals surface area contributed by atoms with Gasteiger partial charge in [-0.1, -0.05) is 91.0 Å². The second-order valence-electron chi connectivity index (χ2n) is 10.3. The van der Waals surface area contributed by atoms with E-state index in [-0.39, 0.29) is 12.1 Å². The summed E-state index contributed by atoms with van der Waals surface area (Å²) in [6.07, 6.45) is 14.8. The van der Waals surface area contributed by atoms with Crippen molar-refractivity contribution in [3.05, 3.63) is 145 Å². The van der Waals surface area contributed by atoms with E-state index in [9.17, 15) is 0 Å². The van der Waals surface area contributed by atoms with Crippen LogP contribution in [0.1, 0.15) is 11.6 Å². The summed E-state index contributed by atoms with van der Waals surface area (Å²) in [5.41, 5.74) is 7.24. The molecular weight excluding hydrogens is 476 g/mol. The van der Waals surface area contributed by atoms with Crippen LogP contribution in [-0.2, 0) is 0 Å². The molecule has 5 aromatic carbocycles. The van der Waals surface area contributed by atoms with E-state index in [0.29, 0.717) is 0 Å². The van der Waals surface area contributed by atoms with E-state index in [4.69, 9.17) is 4.74 Å². The highest BCUT2D eigenvalue weighted by Gasteiger charge is 2.21. The molecule has 0 radical (unpaired) electrons. The number of fused-ring (bicyclic) bond motifs is 3. The molecule has 5 aromatic rings. The van der Waals surface area contributed by atoms with Crippen molar-refractivity contribution < 1.29 is 4.74 Å². The number of nitrogens with one attached hydrogen (secondary N) is 2. The number of hydrogen-bond donors (Lipinski definition) is 2.